The molecule has 1 aliphatic rings. The number of nitrogens with zero attached hydrogens (tertiary/aromatic N) is 5. The lowest BCUT2D eigenvalue weighted by Crippen LogP contribution is -2.34. The number of carbonyl (C=O) groups excluding carboxylic acids is 1. The molecule has 3 rings (SSSR count). The molecule has 22 heavy (non-hydrogen) atoms. The number of hydrogen-bond donors (Lipinski definition) is 1. The van der Waals surface area contributed by atoms with Crippen LogP contribution in [0.5, 0.6) is 0 Å². The van der Waals surface area contributed by atoms with Gasteiger partial charge in [-0.25, -0.2) is 0 Å². The van der Waals surface area contributed by atoms with E-state index in [0.717, 1.165) is 12.0 Å². The molecule has 1 aromatic heterocycles. The van der Waals surface area contributed by atoms with Crippen molar-refractivity contribution in [3.05, 3.63) is 29.8 Å². The van der Waals surface area contributed by atoms with Gasteiger partial charge in [-0.1, -0.05) is 29.8 Å². The number of benzene rings is 1. The summed E-state index contributed by atoms with van der Waals surface area (Å²) in [6, 6.07) is 7.95. The van der Waals surface area contributed by atoms with E-state index >= 15 is 0 Å². The van der Waals surface area contributed by atoms with Crippen molar-refractivity contribution in [2.45, 2.75) is 25.9 Å². The first-order chi connectivity index (χ1) is 10.1. The summed E-state index contributed by atoms with van der Waals surface area (Å²) >= 11 is 0. The van der Waals surface area contributed by atoms with Crippen LogP contribution in [0.4, 0.5) is 0 Å². The Morgan fingerprint density at radius 1 is 1.36 bits per heavy atom. The minimum Gasteiger partial charge on any atom is -0.339 e. The standard InChI is InChI=1S/C14H18N6O.ClH/c1-10-2-4-11(5-3-10)14-16-18-20(17-14)9-13(21)19-7-6-12(15)8-19;/h2-5,12H,6-9,15H2,1H3;1H/t12-;/m1./s1. The molecule has 1 atom stereocenters. The Balaban J connectivity index is 0.00000176. The van der Waals surface area contributed by atoms with Crippen molar-refractivity contribution in [1.29, 1.82) is 0 Å². The van der Waals surface area contributed by atoms with Gasteiger partial charge in [0, 0.05) is 24.7 Å². The summed E-state index contributed by atoms with van der Waals surface area (Å²) in [6.07, 6.45) is 0.852. The van der Waals surface area contributed by atoms with Crippen LogP contribution < -0.4 is 5.73 Å². The fourth-order valence-electron chi connectivity index (χ4n) is 2.36. The molecule has 0 saturated carbocycles. The smallest absolute Gasteiger partial charge is 0.246 e. The Morgan fingerprint density at radius 3 is 2.73 bits per heavy atom. The minimum atomic E-state index is -0.0178. The molecule has 1 amide bonds. The van der Waals surface area contributed by atoms with Crippen molar-refractivity contribution < 1.29 is 4.79 Å². The largest absolute Gasteiger partial charge is 0.339 e. The Hall–Kier alpha value is -1.99. The Labute approximate surface area is 134 Å². The number of nitrogens with two attached hydrogens (primary N) is 1. The Kier molecular flexibility index (Phi) is 5.10. The zero-order valence-electron chi connectivity index (χ0n) is 12.3. The molecule has 0 bridgehead atoms. The number of aryl methyl sites for hydroxylation is 1. The molecule has 2 heterocycles. The summed E-state index contributed by atoms with van der Waals surface area (Å²) in [5.41, 5.74) is 7.87. The van der Waals surface area contributed by atoms with E-state index in [1.807, 2.05) is 31.2 Å². The lowest BCUT2D eigenvalue weighted by atomic mass is 10.1. The van der Waals surface area contributed by atoms with Gasteiger partial charge in [-0.15, -0.1) is 22.6 Å². The number of aromatic nitrogens is 4. The van der Waals surface area contributed by atoms with Crippen molar-refractivity contribution in [3.8, 4) is 11.4 Å². The van der Waals surface area contributed by atoms with Crippen molar-refractivity contribution in [2.24, 2.45) is 5.73 Å². The maximum atomic E-state index is 12.1. The van der Waals surface area contributed by atoms with Crippen LogP contribution in [0.25, 0.3) is 11.4 Å². The normalized spacial score (nSPS) is 17.4. The zero-order chi connectivity index (χ0) is 14.8. The number of halogens is 1. The van der Waals surface area contributed by atoms with Crippen LogP contribution >= 0.6 is 12.4 Å². The van der Waals surface area contributed by atoms with Crippen molar-refractivity contribution in [2.75, 3.05) is 13.1 Å². The van der Waals surface area contributed by atoms with E-state index < -0.39 is 0 Å². The van der Waals surface area contributed by atoms with Crippen LogP contribution in [0.15, 0.2) is 24.3 Å². The molecular formula is C14H19ClN6O. The Bertz CT molecular complexity index is 641. The van der Waals surface area contributed by atoms with Gasteiger partial charge in [0.15, 0.2) is 0 Å². The topological polar surface area (TPSA) is 89.9 Å². The molecular weight excluding hydrogens is 304 g/mol. The number of rotatable bonds is 3. The van der Waals surface area contributed by atoms with Gasteiger partial charge in [-0.2, -0.15) is 4.80 Å². The molecule has 0 radical (unpaired) electrons. The quantitative estimate of drug-likeness (QED) is 0.895. The second-order valence-electron chi connectivity index (χ2n) is 5.40. The zero-order valence-corrected chi connectivity index (χ0v) is 13.2. The average molecular weight is 323 g/mol. The number of likely N-dealkylation sites (tertiary alicyclic amines) is 1. The van der Waals surface area contributed by atoms with Gasteiger partial charge in [0.2, 0.25) is 11.7 Å². The predicted molar refractivity (Wildman–Crippen MR) is 84.4 cm³/mol. The number of amides is 1. The van der Waals surface area contributed by atoms with Crippen LogP contribution in [0.3, 0.4) is 0 Å². The van der Waals surface area contributed by atoms with E-state index in [2.05, 4.69) is 15.4 Å². The molecule has 7 nitrogen and oxygen atoms in total. The van der Waals surface area contributed by atoms with E-state index in [1.165, 1.54) is 10.4 Å². The van der Waals surface area contributed by atoms with Gasteiger partial charge in [0.05, 0.1) is 0 Å². The highest BCUT2D eigenvalue weighted by Crippen LogP contribution is 2.14. The molecule has 1 saturated heterocycles. The van der Waals surface area contributed by atoms with Crippen LogP contribution in [0.1, 0.15) is 12.0 Å². The van der Waals surface area contributed by atoms with Crippen LogP contribution in [0, 0.1) is 6.92 Å². The molecule has 0 unspecified atom stereocenters. The summed E-state index contributed by atoms with van der Waals surface area (Å²) in [7, 11) is 0. The SMILES string of the molecule is Cc1ccc(-c2nnn(CC(=O)N3CC[C@@H](N)C3)n2)cc1.Cl. The molecule has 0 aliphatic carbocycles. The maximum absolute atomic E-state index is 12.1. The first-order valence-corrected chi connectivity index (χ1v) is 7.00. The van der Waals surface area contributed by atoms with E-state index in [0.29, 0.717) is 18.9 Å². The van der Waals surface area contributed by atoms with Crippen molar-refractivity contribution in [3.63, 3.8) is 0 Å². The van der Waals surface area contributed by atoms with Crippen molar-refractivity contribution in [1.82, 2.24) is 25.1 Å². The highest BCUT2D eigenvalue weighted by atomic mass is 35.5. The van der Waals surface area contributed by atoms with Crippen LogP contribution in [0.2, 0.25) is 0 Å². The van der Waals surface area contributed by atoms with E-state index in [4.69, 9.17) is 5.73 Å². The summed E-state index contributed by atoms with van der Waals surface area (Å²) in [4.78, 5) is 15.2. The number of tetrazole rings is 1. The van der Waals surface area contributed by atoms with E-state index in [-0.39, 0.29) is 30.9 Å². The molecule has 2 aromatic rings. The maximum Gasteiger partial charge on any atom is 0.246 e. The minimum absolute atomic E-state index is 0. The third-order valence-electron chi connectivity index (χ3n) is 3.62. The second kappa shape index (κ2) is 6.85. The molecule has 8 heteroatoms. The summed E-state index contributed by atoms with van der Waals surface area (Å²) in [5.74, 6) is 0.511. The van der Waals surface area contributed by atoms with Gasteiger partial charge in [0.1, 0.15) is 6.54 Å². The highest BCUT2D eigenvalue weighted by molar-refractivity contribution is 5.85. The van der Waals surface area contributed by atoms with Crippen molar-refractivity contribution >= 4 is 18.3 Å². The molecule has 2 N–H and O–H groups in total. The second-order valence-corrected chi connectivity index (χ2v) is 5.40. The fraction of sp³-hybridized carbons (Fsp3) is 0.429. The Morgan fingerprint density at radius 2 is 2.09 bits per heavy atom. The summed E-state index contributed by atoms with van der Waals surface area (Å²) in [6.45, 7) is 3.44. The third kappa shape index (κ3) is 3.61. The van der Waals surface area contributed by atoms with Gasteiger partial charge < -0.3 is 10.6 Å². The first-order valence-electron chi connectivity index (χ1n) is 7.00. The van der Waals surface area contributed by atoms with E-state index in [9.17, 15) is 4.79 Å². The van der Waals surface area contributed by atoms with Gasteiger partial charge in [-0.05, 0) is 18.6 Å². The lowest BCUT2D eigenvalue weighted by molar-refractivity contribution is -0.131. The molecule has 0 spiro atoms. The number of hydrogen-bond acceptors (Lipinski definition) is 5. The fourth-order valence-corrected chi connectivity index (χ4v) is 2.36. The highest BCUT2D eigenvalue weighted by Gasteiger charge is 2.24. The lowest BCUT2D eigenvalue weighted by Gasteiger charge is -2.14. The monoisotopic (exact) mass is 322 g/mol. The third-order valence-corrected chi connectivity index (χ3v) is 3.62. The number of carbonyl (C=O) groups is 1. The summed E-state index contributed by atoms with van der Waals surface area (Å²) in [5, 5.41) is 12.2. The van der Waals surface area contributed by atoms with Crippen LogP contribution in [-0.2, 0) is 11.3 Å². The average Bonchev–Trinajstić information content (AvgIpc) is 3.09. The molecule has 1 aromatic carbocycles. The van der Waals surface area contributed by atoms with Gasteiger partial charge >= 0.3 is 0 Å². The van der Waals surface area contributed by atoms with E-state index in [1.54, 1.807) is 4.90 Å². The molecule has 1 aliphatic heterocycles. The molecule has 118 valence electrons. The molecule has 1 fully saturated rings. The predicted octanol–water partition coefficient (Wildman–Crippen LogP) is 0.630. The van der Waals surface area contributed by atoms with Gasteiger partial charge in [0.25, 0.3) is 0 Å². The van der Waals surface area contributed by atoms with Gasteiger partial charge in [-0.3, -0.25) is 4.79 Å². The van der Waals surface area contributed by atoms with Crippen LogP contribution in [-0.4, -0.2) is 50.1 Å². The summed E-state index contributed by atoms with van der Waals surface area (Å²) < 4.78 is 0. The first kappa shape index (κ1) is 16.4.